The molecule has 0 aliphatic heterocycles. The van der Waals surface area contributed by atoms with Crippen molar-refractivity contribution >= 4 is 5.69 Å². The zero-order valence-electron chi connectivity index (χ0n) is 13.4. The summed E-state index contributed by atoms with van der Waals surface area (Å²) in [5.41, 5.74) is 0.964. The van der Waals surface area contributed by atoms with Gasteiger partial charge in [0.05, 0.1) is 17.0 Å². The Morgan fingerprint density at radius 1 is 1.05 bits per heavy atom. The molecule has 1 N–H and O–H groups in total. The lowest BCUT2D eigenvalue weighted by atomic mass is 9.88. The molecular formula is C19H26N2O. The second-order valence-electron chi connectivity index (χ2n) is 5.97. The highest BCUT2D eigenvalue weighted by atomic mass is 16.3. The largest absolute Gasteiger partial charge is 0.385 e. The highest BCUT2D eigenvalue weighted by Gasteiger charge is 2.24. The normalized spacial score (nSPS) is 21.3. The summed E-state index contributed by atoms with van der Waals surface area (Å²) < 4.78 is 0. The third-order valence-corrected chi connectivity index (χ3v) is 3.98. The zero-order chi connectivity index (χ0) is 15.7. The van der Waals surface area contributed by atoms with Crippen LogP contribution in [-0.4, -0.2) is 10.7 Å². The fourth-order valence-electron chi connectivity index (χ4n) is 2.56. The topological polar surface area (TPSA) is 45.0 Å². The van der Waals surface area contributed by atoms with Crippen LogP contribution in [-0.2, 0) is 0 Å². The van der Waals surface area contributed by atoms with Crippen molar-refractivity contribution in [3.05, 3.63) is 54.3 Å². The molecule has 0 heterocycles. The van der Waals surface area contributed by atoms with Gasteiger partial charge in [0.2, 0.25) is 0 Å². The summed E-state index contributed by atoms with van der Waals surface area (Å²) in [7, 11) is 0. The van der Waals surface area contributed by atoms with Crippen LogP contribution in [0.1, 0.15) is 51.9 Å². The highest BCUT2D eigenvalue weighted by molar-refractivity contribution is 5.35. The second kappa shape index (κ2) is 8.64. The van der Waals surface area contributed by atoms with E-state index in [0.29, 0.717) is 6.42 Å². The Balaban J connectivity index is 1.79. The lowest BCUT2D eigenvalue weighted by Crippen LogP contribution is -2.26. The molecule has 0 radical (unpaired) electrons. The third-order valence-electron chi connectivity index (χ3n) is 3.98. The molecule has 1 aromatic carbocycles. The quantitative estimate of drug-likeness (QED) is 0.485. The van der Waals surface area contributed by atoms with Gasteiger partial charge in [0.1, 0.15) is 0 Å². The van der Waals surface area contributed by atoms with Crippen LogP contribution in [0.5, 0.6) is 0 Å². The number of rotatable bonds is 8. The maximum atomic E-state index is 10.5. The summed E-state index contributed by atoms with van der Waals surface area (Å²) in [6, 6.07) is 9.68. The monoisotopic (exact) mass is 298 g/mol. The maximum absolute atomic E-state index is 10.5. The highest BCUT2D eigenvalue weighted by Crippen LogP contribution is 2.27. The standard InChI is InChI=1S/C19H26N2O/c1-2-3-4-5-9-14-19(22)15-12-18(13-16-19)21-20-17-10-7-6-8-11-17/h6-8,10-13,15,22H,2-5,9,14,16H2,1H3. The molecule has 0 aromatic heterocycles. The fraction of sp³-hybridized carbons (Fsp3) is 0.474. The van der Waals surface area contributed by atoms with Crippen molar-refractivity contribution in [1.82, 2.24) is 0 Å². The Kier molecular flexibility index (Phi) is 6.53. The minimum Gasteiger partial charge on any atom is -0.385 e. The number of aliphatic hydroxyl groups is 1. The number of hydrogen-bond acceptors (Lipinski definition) is 3. The van der Waals surface area contributed by atoms with Crippen molar-refractivity contribution < 1.29 is 5.11 Å². The second-order valence-corrected chi connectivity index (χ2v) is 5.97. The van der Waals surface area contributed by atoms with E-state index in [1.165, 1.54) is 25.7 Å². The molecule has 1 aromatic rings. The van der Waals surface area contributed by atoms with Gasteiger partial charge < -0.3 is 5.11 Å². The Bertz CT molecular complexity index is 534. The van der Waals surface area contributed by atoms with E-state index in [4.69, 9.17) is 0 Å². The molecule has 118 valence electrons. The first-order chi connectivity index (χ1) is 10.7. The first-order valence-electron chi connectivity index (χ1n) is 8.30. The van der Waals surface area contributed by atoms with Gasteiger partial charge in [0, 0.05) is 6.42 Å². The Morgan fingerprint density at radius 3 is 2.50 bits per heavy atom. The number of azo groups is 1. The van der Waals surface area contributed by atoms with Crippen molar-refractivity contribution in [3.63, 3.8) is 0 Å². The van der Waals surface area contributed by atoms with Crippen LogP contribution in [0.2, 0.25) is 0 Å². The van der Waals surface area contributed by atoms with E-state index < -0.39 is 5.60 Å². The van der Waals surface area contributed by atoms with E-state index in [1.807, 2.05) is 48.6 Å². The molecule has 0 saturated heterocycles. The minimum atomic E-state index is -0.696. The van der Waals surface area contributed by atoms with Crippen LogP contribution in [0.15, 0.2) is 64.5 Å². The van der Waals surface area contributed by atoms with Crippen LogP contribution in [0.4, 0.5) is 5.69 Å². The van der Waals surface area contributed by atoms with E-state index >= 15 is 0 Å². The Hall–Kier alpha value is -1.74. The Labute approximate surface area is 133 Å². The van der Waals surface area contributed by atoms with Crippen molar-refractivity contribution in [2.24, 2.45) is 10.2 Å². The van der Waals surface area contributed by atoms with Gasteiger partial charge in [-0.15, -0.1) is 0 Å². The van der Waals surface area contributed by atoms with E-state index in [0.717, 1.165) is 24.2 Å². The predicted molar refractivity (Wildman–Crippen MR) is 91.1 cm³/mol. The van der Waals surface area contributed by atoms with Crippen LogP contribution in [0.3, 0.4) is 0 Å². The van der Waals surface area contributed by atoms with Crippen molar-refractivity contribution in [1.29, 1.82) is 0 Å². The van der Waals surface area contributed by atoms with E-state index in [9.17, 15) is 5.11 Å². The zero-order valence-corrected chi connectivity index (χ0v) is 13.4. The molecular weight excluding hydrogens is 272 g/mol. The molecule has 3 nitrogen and oxygen atoms in total. The van der Waals surface area contributed by atoms with Crippen molar-refractivity contribution in [2.45, 2.75) is 57.5 Å². The van der Waals surface area contributed by atoms with Crippen molar-refractivity contribution in [2.75, 3.05) is 0 Å². The fourth-order valence-corrected chi connectivity index (χ4v) is 2.56. The maximum Gasteiger partial charge on any atom is 0.0866 e. The number of nitrogens with zero attached hydrogens (tertiary/aromatic N) is 2. The average Bonchev–Trinajstić information content (AvgIpc) is 2.55. The third kappa shape index (κ3) is 5.57. The van der Waals surface area contributed by atoms with Gasteiger partial charge in [-0.05, 0) is 24.6 Å². The van der Waals surface area contributed by atoms with Crippen LogP contribution < -0.4 is 0 Å². The molecule has 3 heteroatoms. The van der Waals surface area contributed by atoms with Gasteiger partial charge in [-0.25, -0.2) is 0 Å². The molecule has 22 heavy (non-hydrogen) atoms. The molecule has 0 spiro atoms. The summed E-state index contributed by atoms with van der Waals surface area (Å²) in [4.78, 5) is 0. The number of unbranched alkanes of at least 4 members (excludes halogenated alkanes) is 4. The van der Waals surface area contributed by atoms with Crippen molar-refractivity contribution in [3.8, 4) is 0 Å². The first kappa shape index (κ1) is 16.6. The molecule has 0 saturated carbocycles. The molecule has 0 amide bonds. The molecule has 1 aliphatic rings. The molecule has 1 unspecified atom stereocenters. The molecule has 0 bridgehead atoms. The first-order valence-corrected chi connectivity index (χ1v) is 8.30. The van der Waals surface area contributed by atoms with Gasteiger partial charge in [0.25, 0.3) is 0 Å². The lowest BCUT2D eigenvalue weighted by Gasteiger charge is -2.25. The molecule has 2 rings (SSSR count). The van der Waals surface area contributed by atoms with Gasteiger partial charge in [-0.3, -0.25) is 0 Å². The van der Waals surface area contributed by atoms with Gasteiger partial charge in [0.15, 0.2) is 0 Å². The average molecular weight is 298 g/mol. The summed E-state index contributed by atoms with van der Waals surface area (Å²) in [6.07, 6.45) is 13.3. The van der Waals surface area contributed by atoms with Crippen LogP contribution >= 0.6 is 0 Å². The summed E-state index contributed by atoms with van der Waals surface area (Å²) in [6.45, 7) is 2.22. The lowest BCUT2D eigenvalue weighted by molar-refractivity contribution is 0.0799. The molecule has 1 atom stereocenters. The van der Waals surface area contributed by atoms with Crippen LogP contribution in [0.25, 0.3) is 0 Å². The number of hydrogen-bond donors (Lipinski definition) is 1. The van der Waals surface area contributed by atoms with E-state index in [-0.39, 0.29) is 0 Å². The minimum absolute atomic E-state index is 0.625. The molecule has 0 fully saturated rings. The summed E-state index contributed by atoms with van der Waals surface area (Å²) in [5, 5.41) is 19.0. The summed E-state index contributed by atoms with van der Waals surface area (Å²) in [5.74, 6) is 0. The smallest absolute Gasteiger partial charge is 0.0866 e. The van der Waals surface area contributed by atoms with E-state index in [2.05, 4.69) is 17.2 Å². The van der Waals surface area contributed by atoms with Gasteiger partial charge in [-0.1, -0.05) is 69.4 Å². The Morgan fingerprint density at radius 2 is 1.82 bits per heavy atom. The van der Waals surface area contributed by atoms with Gasteiger partial charge in [-0.2, -0.15) is 10.2 Å². The summed E-state index contributed by atoms with van der Waals surface area (Å²) >= 11 is 0. The SMILES string of the molecule is CCCCCCCC1(O)C=CC(N=Nc2ccccc2)=CC1. The van der Waals surface area contributed by atoms with Crippen LogP contribution in [0, 0.1) is 0 Å². The van der Waals surface area contributed by atoms with Gasteiger partial charge >= 0.3 is 0 Å². The predicted octanol–water partition coefficient (Wildman–Crippen LogP) is 5.71. The number of benzene rings is 1. The molecule has 1 aliphatic carbocycles. The van der Waals surface area contributed by atoms with E-state index in [1.54, 1.807) is 0 Å². The number of allylic oxidation sites excluding steroid dienone is 1.